The third kappa shape index (κ3) is 1.79. The van der Waals surface area contributed by atoms with E-state index in [9.17, 15) is 5.11 Å². The molecule has 0 saturated heterocycles. The average Bonchev–Trinajstić information content (AvgIpc) is 2.28. The van der Waals surface area contributed by atoms with Gasteiger partial charge in [0, 0.05) is 17.5 Å². The molecule has 0 aliphatic carbocycles. The second-order valence-electron chi connectivity index (χ2n) is 3.61. The van der Waals surface area contributed by atoms with Crippen LogP contribution in [0.2, 0.25) is 0 Å². The Kier molecular flexibility index (Phi) is 3.29. The summed E-state index contributed by atoms with van der Waals surface area (Å²) >= 11 is 0. The molecule has 2 heteroatoms. The van der Waals surface area contributed by atoms with Crippen molar-refractivity contribution in [3.63, 3.8) is 0 Å². The predicted molar refractivity (Wildman–Crippen MR) is 57.9 cm³/mol. The number of rotatable bonds is 3. The van der Waals surface area contributed by atoms with Crippen LogP contribution < -0.4 is 5.73 Å². The Balaban J connectivity index is 3.24. The SMILES string of the molecule is C#Cc1ccccc1C(C)(CN)CO. The first-order valence-corrected chi connectivity index (χ1v) is 4.55. The van der Waals surface area contributed by atoms with E-state index in [0.29, 0.717) is 6.54 Å². The van der Waals surface area contributed by atoms with Crippen LogP contribution in [0.4, 0.5) is 0 Å². The van der Waals surface area contributed by atoms with E-state index in [0.717, 1.165) is 11.1 Å². The summed E-state index contributed by atoms with van der Waals surface area (Å²) in [5.41, 5.74) is 6.94. The molecule has 1 unspecified atom stereocenters. The van der Waals surface area contributed by atoms with Crippen molar-refractivity contribution < 1.29 is 5.11 Å². The molecule has 2 nitrogen and oxygen atoms in total. The summed E-state index contributed by atoms with van der Waals surface area (Å²) in [5, 5.41) is 9.31. The van der Waals surface area contributed by atoms with Crippen LogP contribution in [0.3, 0.4) is 0 Å². The zero-order chi connectivity index (χ0) is 10.6. The lowest BCUT2D eigenvalue weighted by molar-refractivity contribution is 0.210. The van der Waals surface area contributed by atoms with E-state index >= 15 is 0 Å². The molecular formula is C12H15NO. The smallest absolute Gasteiger partial charge is 0.0537 e. The Labute approximate surface area is 84.8 Å². The minimum atomic E-state index is -0.442. The van der Waals surface area contributed by atoms with Crippen molar-refractivity contribution in [2.45, 2.75) is 12.3 Å². The van der Waals surface area contributed by atoms with Gasteiger partial charge in [0.2, 0.25) is 0 Å². The third-order valence-corrected chi connectivity index (χ3v) is 2.53. The van der Waals surface area contributed by atoms with Crippen LogP contribution in [0.5, 0.6) is 0 Å². The van der Waals surface area contributed by atoms with E-state index in [1.807, 2.05) is 31.2 Å². The maximum atomic E-state index is 9.31. The molecule has 1 rings (SSSR count). The van der Waals surface area contributed by atoms with E-state index in [2.05, 4.69) is 5.92 Å². The lowest BCUT2D eigenvalue weighted by Gasteiger charge is -2.27. The molecular weight excluding hydrogens is 174 g/mol. The molecule has 0 aliphatic heterocycles. The number of hydrogen-bond donors (Lipinski definition) is 2. The van der Waals surface area contributed by atoms with Crippen molar-refractivity contribution >= 4 is 0 Å². The van der Waals surface area contributed by atoms with Crippen LogP contribution in [0.15, 0.2) is 24.3 Å². The molecule has 0 spiro atoms. The Bertz CT molecular complexity index is 348. The summed E-state index contributed by atoms with van der Waals surface area (Å²) in [6.45, 7) is 2.29. The van der Waals surface area contributed by atoms with Gasteiger partial charge >= 0.3 is 0 Å². The number of aliphatic hydroxyl groups excluding tert-OH is 1. The Morgan fingerprint density at radius 1 is 1.50 bits per heavy atom. The summed E-state index contributed by atoms with van der Waals surface area (Å²) in [5.74, 6) is 2.60. The minimum Gasteiger partial charge on any atom is -0.395 e. The van der Waals surface area contributed by atoms with E-state index in [1.54, 1.807) is 0 Å². The molecule has 74 valence electrons. The van der Waals surface area contributed by atoms with Gasteiger partial charge in [-0.05, 0) is 11.6 Å². The molecule has 0 amide bonds. The predicted octanol–water partition coefficient (Wildman–Crippen LogP) is 0.877. The lowest BCUT2D eigenvalue weighted by atomic mass is 9.81. The fraction of sp³-hybridized carbons (Fsp3) is 0.333. The van der Waals surface area contributed by atoms with Gasteiger partial charge in [-0.2, -0.15) is 0 Å². The molecule has 0 aromatic heterocycles. The number of benzene rings is 1. The first-order chi connectivity index (χ1) is 6.68. The number of aliphatic hydroxyl groups is 1. The molecule has 14 heavy (non-hydrogen) atoms. The second-order valence-corrected chi connectivity index (χ2v) is 3.61. The molecule has 0 heterocycles. The lowest BCUT2D eigenvalue weighted by Crippen LogP contribution is -2.36. The molecule has 0 saturated carbocycles. The highest BCUT2D eigenvalue weighted by Crippen LogP contribution is 2.24. The number of nitrogens with two attached hydrogens (primary N) is 1. The van der Waals surface area contributed by atoms with Crippen LogP contribution in [-0.4, -0.2) is 18.3 Å². The summed E-state index contributed by atoms with van der Waals surface area (Å²) in [4.78, 5) is 0. The maximum absolute atomic E-state index is 9.31. The largest absolute Gasteiger partial charge is 0.395 e. The van der Waals surface area contributed by atoms with E-state index in [1.165, 1.54) is 0 Å². The van der Waals surface area contributed by atoms with Gasteiger partial charge in [0.25, 0.3) is 0 Å². The molecule has 3 N–H and O–H groups in total. The van der Waals surface area contributed by atoms with Crippen LogP contribution in [0.25, 0.3) is 0 Å². The second kappa shape index (κ2) is 4.28. The molecule has 0 fully saturated rings. The Morgan fingerprint density at radius 3 is 2.64 bits per heavy atom. The van der Waals surface area contributed by atoms with Crippen LogP contribution in [0.1, 0.15) is 18.1 Å². The van der Waals surface area contributed by atoms with Crippen molar-refractivity contribution in [3.05, 3.63) is 35.4 Å². The fourth-order valence-electron chi connectivity index (χ4n) is 1.39. The average molecular weight is 189 g/mol. The Morgan fingerprint density at radius 2 is 2.14 bits per heavy atom. The van der Waals surface area contributed by atoms with Crippen molar-refractivity contribution in [2.24, 2.45) is 5.73 Å². The van der Waals surface area contributed by atoms with E-state index in [-0.39, 0.29) is 6.61 Å². The third-order valence-electron chi connectivity index (χ3n) is 2.53. The van der Waals surface area contributed by atoms with Crippen LogP contribution in [0, 0.1) is 12.3 Å². The highest BCUT2D eigenvalue weighted by atomic mass is 16.3. The van der Waals surface area contributed by atoms with Crippen molar-refractivity contribution in [3.8, 4) is 12.3 Å². The summed E-state index contributed by atoms with van der Waals surface area (Å²) in [6.07, 6.45) is 5.38. The van der Waals surface area contributed by atoms with Gasteiger partial charge in [-0.25, -0.2) is 0 Å². The van der Waals surface area contributed by atoms with Crippen LogP contribution in [-0.2, 0) is 5.41 Å². The zero-order valence-corrected chi connectivity index (χ0v) is 8.33. The number of hydrogen-bond acceptors (Lipinski definition) is 2. The number of terminal acetylenes is 1. The Hall–Kier alpha value is -1.30. The van der Waals surface area contributed by atoms with Gasteiger partial charge in [0.15, 0.2) is 0 Å². The highest BCUT2D eigenvalue weighted by molar-refractivity contribution is 5.44. The molecule has 1 atom stereocenters. The molecule has 1 aromatic rings. The first kappa shape index (κ1) is 10.8. The first-order valence-electron chi connectivity index (χ1n) is 4.55. The molecule has 0 aliphatic rings. The standard InChI is InChI=1S/C12H15NO/c1-3-10-6-4-5-7-11(10)12(2,8-13)9-14/h1,4-7,14H,8-9,13H2,2H3. The summed E-state index contributed by atoms with van der Waals surface area (Å²) < 4.78 is 0. The van der Waals surface area contributed by atoms with Crippen molar-refractivity contribution in [2.75, 3.05) is 13.2 Å². The van der Waals surface area contributed by atoms with Crippen molar-refractivity contribution in [1.29, 1.82) is 0 Å². The normalized spacial score (nSPS) is 14.4. The topological polar surface area (TPSA) is 46.2 Å². The summed E-state index contributed by atoms with van der Waals surface area (Å²) in [6, 6.07) is 7.56. The van der Waals surface area contributed by atoms with Gasteiger partial charge in [-0.15, -0.1) is 6.42 Å². The van der Waals surface area contributed by atoms with Gasteiger partial charge in [0.05, 0.1) is 6.61 Å². The maximum Gasteiger partial charge on any atom is 0.0537 e. The highest BCUT2D eigenvalue weighted by Gasteiger charge is 2.25. The molecule has 0 bridgehead atoms. The minimum absolute atomic E-state index is 0.00218. The zero-order valence-electron chi connectivity index (χ0n) is 8.33. The van der Waals surface area contributed by atoms with E-state index in [4.69, 9.17) is 12.2 Å². The van der Waals surface area contributed by atoms with Gasteiger partial charge in [-0.1, -0.05) is 31.0 Å². The fourth-order valence-corrected chi connectivity index (χ4v) is 1.39. The van der Waals surface area contributed by atoms with Gasteiger partial charge in [0.1, 0.15) is 0 Å². The quantitative estimate of drug-likeness (QED) is 0.693. The molecule has 1 aromatic carbocycles. The summed E-state index contributed by atoms with van der Waals surface area (Å²) in [7, 11) is 0. The van der Waals surface area contributed by atoms with Gasteiger partial charge in [-0.3, -0.25) is 0 Å². The van der Waals surface area contributed by atoms with E-state index < -0.39 is 5.41 Å². The van der Waals surface area contributed by atoms with Gasteiger partial charge < -0.3 is 10.8 Å². The van der Waals surface area contributed by atoms with Crippen LogP contribution >= 0.6 is 0 Å². The molecule has 0 radical (unpaired) electrons. The monoisotopic (exact) mass is 189 g/mol. The van der Waals surface area contributed by atoms with Crippen molar-refractivity contribution in [1.82, 2.24) is 0 Å².